The van der Waals surface area contributed by atoms with E-state index in [4.69, 9.17) is 5.11 Å². The van der Waals surface area contributed by atoms with Crippen LogP contribution in [0.4, 0.5) is 0 Å². The second-order valence-corrected chi connectivity index (χ2v) is 2.87. The van der Waals surface area contributed by atoms with Crippen LogP contribution < -0.4 is 0 Å². The van der Waals surface area contributed by atoms with Gasteiger partial charge in [0.2, 0.25) is 0 Å². The van der Waals surface area contributed by atoms with Gasteiger partial charge in [0.15, 0.2) is 0 Å². The summed E-state index contributed by atoms with van der Waals surface area (Å²) >= 11 is 0. The summed E-state index contributed by atoms with van der Waals surface area (Å²) in [6.45, 7) is 3.74. The van der Waals surface area contributed by atoms with E-state index >= 15 is 0 Å². The minimum atomic E-state index is -0.718. The fourth-order valence-electron chi connectivity index (χ4n) is 1.24. The van der Waals surface area contributed by atoms with E-state index in [9.17, 15) is 4.79 Å². The van der Waals surface area contributed by atoms with Crippen LogP contribution >= 0.6 is 0 Å². The molecule has 0 aliphatic carbocycles. The van der Waals surface area contributed by atoms with Crippen LogP contribution in [0.2, 0.25) is 0 Å². The molecule has 11 heavy (non-hydrogen) atoms. The van der Waals surface area contributed by atoms with Crippen LogP contribution in [-0.2, 0) is 4.79 Å². The zero-order chi connectivity index (χ0) is 8.27. The number of hydrogen-bond donors (Lipinski definition) is 1. The number of nitrogens with zero attached hydrogens (tertiary/aromatic N) is 1. The maximum atomic E-state index is 10.3. The van der Waals surface area contributed by atoms with Crippen LogP contribution in [0, 0.1) is 0 Å². The van der Waals surface area contributed by atoms with Crippen molar-refractivity contribution in [3.05, 3.63) is 12.2 Å². The highest BCUT2D eigenvalue weighted by molar-refractivity contribution is 5.67. The van der Waals surface area contributed by atoms with E-state index in [-0.39, 0.29) is 12.5 Å². The Morgan fingerprint density at radius 1 is 1.64 bits per heavy atom. The average Bonchev–Trinajstić information content (AvgIpc) is 2.35. The Labute approximate surface area is 66.3 Å². The molecular weight excluding hydrogens is 142 g/mol. The highest BCUT2D eigenvalue weighted by Crippen LogP contribution is 2.07. The fourth-order valence-corrected chi connectivity index (χ4v) is 1.24. The summed E-state index contributed by atoms with van der Waals surface area (Å²) in [5.74, 6) is -0.718. The molecule has 0 aromatic carbocycles. The number of aliphatic carboxylic acids is 1. The molecule has 0 aromatic heterocycles. The zero-order valence-corrected chi connectivity index (χ0v) is 6.66. The van der Waals surface area contributed by atoms with E-state index in [0.717, 1.165) is 13.1 Å². The number of rotatable bonds is 3. The van der Waals surface area contributed by atoms with E-state index < -0.39 is 5.97 Å². The predicted octanol–water partition coefficient (Wildman–Crippen LogP) is 0.721. The first kappa shape index (κ1) is 8.27. The Morgan fingerprint density at radius 3 is 2.64 bits per heavy atom. The minimum absolute atomic E-state index is 0.155. The lowest BCUT2D eigenvalue weighted by Gasteiger charge is -2.21. The Hall–Kier alpha value is -0.830. The Morgan fingerprint density at radius 2 is 2.18 bits per heavy atom. The van der Waals surface area contributed by atoms with Gasteiger partial charge in [0, 0.05) is 19.1 Å². The molecule has 1 aliphatic rings. The summed E-state index contributed by atoms with van der Waals surface area (Å²) < 4.78 is 0. The van der Waals surface area contributed by atoms with Crippen LogP contribution in [0.3, 0.4) is 0 Å². The smallest absolute Gasteiger partial charge is 0.304 e. The maximum absolute atomic E-state index is 10.3. The van der Waals surface area contributed by atoms with Crippen molar-refractivity contribution in [3.8, 4) is 0 Å². The fraction of sp³-hybridized carbons (Fsp3) is 0.625. The molecular formula is C8H13NO2. The molecule has 1 rings (SSSR count). The van der Waals surface area contributed by atoms with Crippen molar-refractivity contribution in [2.75, 3.05) is 13.1 Å². The van der Waals surface area contributed by atoms with Gasteiger partial charge in [0.1, 0.15) is 0 Å². The van der Waals surface area contributed by atoms with Crippen LogP contribution in [0.1, 0.15) is 13.3 Å². The molecule has 1 atom stereocenters. The van der Waals surface area contributed by atoms with Gasteiger partial charge in [0.25, 0.3) is 0 Å². The summed E-state index contributed by atoms with van der Waals surface area (Å²) in [5, 5.41) is 8.50. The summed E-state index contributed by atoms with van der Waals surface area (Å²) in [6.07, 6.45) is 4.37. The third kappa shape index (κ3) is 2.35. The first-order chi connectivity index (χ1) is 5.20. The highest BCUT2D eigenvalue weighted by Gasteiger charge is 2.16. The largest absolute Gasteiger partial charge is 0.481 e. The molecule has 0 amide bonds. The van der Waals surface area contributed by atoms with Gasteiger partial charge in [-0.3, -0.25) is 9.69 Å². The predicted molar refractivity (Wildman–Crippen MR) is 42.4 cm³/mol. The van der Waals surface area contributed by atoms with Gasteiger partial charge in [-0.2, -0.15) is 0 Å². The molecule has 0 saturated carbocycles. The molecule has 3 nitrogen and oxygen atoms in total. The lowest BCUT2D eigenvalue weighted by atomic mass is 10.2. The molecule has 1 N–H and O–H groups in total. The molecule has 0 saturated heterocycles. The summed E-state index contributed by atoms with van der Waals surface area (Å²) in [4.78, 5) is 12.5. The van der Waals surface area contributed by atoms with Crippen LogP contribution in [0.5, 0.6) is 0 Å². The second-order valence-electron chi connectivity index (χ2n) is 2.87. The van der Waals surface area contributed by atoms with Crippen molar-refractivity contribution in [1.82, 2.24) is 4.90 Å². The monoisotopic (exact) mass is 155 g/mol. The van der Waals surface area contributed by atoms with Gasteiger partial charge in [0.05, 0.1) is 6.42 Å². The summed E-state index contributed by atoms with van der Waals surface area (Å²) in [5.41, 5.74) is 0. The van der Waals surface area contributed by atoms with Crippen LogP contribution in [0.15, 0.2) is 12.2 Å². The summed E-state index contributed by atoms with van der Waals surface area (Å²) in [7, 11) is 0. The zero-order valence-electron chi connectivity index (χ0n) is 6.66. The number of carboxylic acid groups (broad SMARTS) is 1. The van der Waals surface area contributed by atoms with Gasteiger partial charge in [-0.25, -0.2) is 0 Å². The molecule has 1 aliphatic heterocycles. The molecule has 0 fully saturated rings. The topological polar surface area (TPSA) is 40.5 Å². The van der Waals surface area contributed by atoms with Crippen LogP contribution in [0.25, 0.3) is 0 Å². The third-order valence-corrected chi connectivity index (χ3v) is 1.94. The Bertz CT molecular complexity index is 169. The van der Waals surface area contributed by atoms with Crippen molar-refractivity contribution in [2.24, 2.45) is 0 Å². The first-order valence-electron chi connectivity index (χ1n) is 3.81. The molecule has 1 heterocycles. The average molecular weight is 155 g/mol. The Balaban J connectivity index is 2.29. The molecule has 0 bridgehead atoms. The van der Waals surface area contributed by atoms with Crippen molar-refractivity contribution in [1.29, 1.82) is 0 Å². The Kier molecular flexibility index (Phi) is 2.65. The van der Waals surface area contributed by atoms with E-state index in [1.54, 1.807) is 0 Å². The van der Waals surface area contributed by atoms with Gasteiger partial charge >= 0.3 is 5.97 Å². The van der Waals surface area contributed by atoms with Gasteiger partial charge < -0.3 is 5.11 Å². The first-order valence-corrected chi connectivity index (χ1v) is 3.81. The molecule has 1 unspecified atom stereocenters. The second kappa shape index (κ2) is 3.53. The minimum Gasteiger partial charge on any atom is -0.481 e. The van der Waals surface area contributed by atoms with Gasteiger partial charge in [-0.15, -0.1) is 0 Å². The van der Waals surface area contributed by atoms with E-state index in [2.05, 4.69) is 17.1 Å². The van der Waals surface area contributed by atoms with E-state index in [1.807, 2.05) is 6.92 Å². The van der Waals surface area contributed by atoms with Gasteiger partial charge in [-0.1, -0.05) is 12.2 Å². The van der Waals surface area contributed by atoms with Crippen molar-refractivity contribution in [2.45, 2.75) is 19.4 Å². The van der Waals surface area contributed by atoms with Gasteiger partial charge in [-0.05, 0) is 6.92 Å². The normalized spacial score (nSPS) is 20.5. The molecule has 0 radical (unpaired) electrons. The molecule has 3 heteroatoms. The van der Waals surface area contributed by atoms with Crippen molar-refractivity contribution >= 4 is 5.97 Å². The van der Waals surface area contributed by atoms with Crippen molar-refractivity contribution < 1.29 is 9.90 Å². The van der Waals surface area contributed by atoms with Crippen molar-refractivity contribution in [3.63, 3.8) is 0 Å². The van der Waals surface area contributed by atoms with E-state index in [1.165, 1.54) is 0 Å². The lowest BCUT2D eigenvalue weighted by Crippen LogP contribution is -2.32. The molecule has 62 valence electrons. The van der Waals surface area contributed by atoms with Crippen LogP contribution in [-0.4, -0.2) is 35.1 Å². The standard InChI is InChI=1S/C8H13NO2/c1-7(6-8(10)11)9-4-2-3-5-9/h2-3,7H,4-6H2,1H3,(H,10,11). The maximum Gasteiger partial charge on any atom is 0.304 e. The SMILES string of the molecule is CC(CC(=O)O)N1CC=CC1. The number of carboxylic acids is 1. The highest BCUT2D eigenvalue weighted by atomic mass is 16.4. The quantitative estimate of drug-likeness (QED) is 0.610. The molecule has 0 spiro atoms. The number of hydrogen-bond acceptors (Lipinski definition) is 2. The van der Waals surface area contributed by atoms with E-state index in [0.29, 0.717) is 0 Å². The number of carbonyl (C=O) groups is 1. The summed E-state index contributed by atoms with van der Waals surface area (Å²) in [6, 6.07) is 0.155. The lowest BCUT2D eigenvalue weighted by molar-refractivity contribution is -0.138. The third-order valence-electron chi connectivity index (χ3n) is 1.94. The molecule has 0 aromatic rings.